The van der Waals surface area contributed by atoms with Crippen molar-refractivity contribution in [1.82, 2.24) is 0 Å². The Balaban J connectivity index is 2.82. The molecule has 0 aromatic rings. The van der Waals surface area contributed by atoms with Crippen molar-refractivity contribution < 1.29 is 4.79 Å². The summed E-state index contributed by atoms with van der Waals surface area (Å²) in [5, 5.41) is -0.293. The van der Waals surface area contributed by atoms with Crippen molar-refractivity contribution in [1.29, 1.82) is 0 Å². The van der Waals surface area contributed by atoms with Gasteiger partial charge in [0.15, 0.2) is 5.78 Å². The Morgan fingerprint density at radius 3 is 2.33 bits per heavy atom. The summed E-state index contributed by atoms with van der Waals surface area (Å²) in [6.45, 7) is 8.09. The summed E-state index contributed by atoms with van der Waals surface area (Å²) in [6, 6.07) is 0. The number of carbonyl (C=O) groups excluding carboxylic acids is 1. The van der Waals surface area contributed by atoms with Gasteiger partial charge >= 0.3 is 0 Å². The SMILES string of the molecule is CC(C)=C[C@H]1C(=O)[C@@H](Cl)C1(C)C. The van der Waals surface area contributed by atoms with Gasteiger partial charge in [0.25, 0.3) is 0 Å². The maximum Gasteiger partial charge on any atom is 0.158 e. The molecule has 1 rings (SSSR count). The van der Waals surface area contributed by atoms with Gasteiger partial charge in [0.05, 0.1) is 5.38 Å². The van der Waals surface area contributed by atoms with E-state index in [0.717, 1.165) is 0 Å². The normalized spacial score (nSPS) is 32.6. The Labute approximate surface area is 78.8 Å². The molecular weight excluding hydrogens is 172 g/mol. The summed E-state index contributed by atoms with van der Waals surface area (Å²) < 4.78 is 0. The van der Waals surface area contributed by atoms with Crippen LogP contribution >= 0.6 is 11.6 Å². The second-order valence-electron chi connectivity index (χ2n) is 4.31. The summed E-state index contributed by atoms with van der Waals surface area (Å²) in [5.74, 6) is 0.202. The van der Waals surface area contributed by atoms with E-state index in [4.69, 9.17) is 11.6 Å². The van der Waals surface area contributed by atoms with Gasteiger partial charge in [-0.3, -0.25) is 4.79 Å². The van der Waals surface area contributed by atoms with Gasteiger partial charge in [-0.25, -0.2) is 0 Å². The molecule has 0 N–H and O–H groups in total. The van der Waals surface area contributed by atoms with Crippen LogP contribution in [0.5, 0.6) is 0 Å². The highest BCUT2D eigenvalue weighted by atomic mass is 35.5. The number of rotatable bonds is 1. The lowest BCUT2D eigenvalue weighted by molar-refractivity contribution is -0.135. The molecule has 1 nitrogen and oxygen atoms in total. The summed E-state index contributed by atoms with van der Waals surface area (Å²) in [7, 11) is 0. The highest BCUT2D eigenvalue weighted by Gasteiger charge is 2.53. The minimum absolute atomic E-state index is 0.0324. The van der Waals surface area contributed by atoms with E-state index >= 15 is 0 Å². The molecule has 2 atom stereocenters. The summed E-state index contributed by atoms with van der Waals surface area (Å²) in [4.78, 5) is 11.3. The zero-order valence-corrected chi connectivity index (χ0v) is 8.77. The number of hydrogen-bond acceptors (Lipinski definition) is 1. The Kier molecular flexibility index (Phi) is 2.35. The standard InChI is InChI=1S/C10H15ClO/c1-6(2)5-7-8(12)9(11)10(7,3)4/h5,7,9H,1-4H3/t7-,9+/m0/s1. The molecule has 12 heavy (non-hydrogen) atoms. The third-order valence-electron chi connectivity index (χ3n) is 2.51. The molecule has 0 aliphatic heterocycles. The molecule has 0 aromatic carbocycles. The molecule has 68 valence electrons. The van der Waals surface area contributed by atoms with Crippen molar-refractivity contribution >= 4 is 17.4 Å². The molecule has 1 aliphatic carbocycles. The van der Waals surface area contributed by atoms with E-state index in [1.54, 1.807) is 0 Å². The van der Waals surface area contributed by atoms with E-state index in [-0.39, 0.29) is 22.5 Å². The van der Waals surface area contributed by atoms with Gasteiger partial charge in [0.2, 0.25) is 0 Å². The second-order valence-corrected chi connectivity index (χ2v) is 4.74. The van der Waals surface area contributed by atoms with Gasteiger partial charge in [0.1, 0.15) is 0 Å². The van der Waals surface area contributed by atoms with Crippen molar-refractivity contribution in [3.63, 3.8) is 0 Å². The van der Waals surface area contributed by atoms with Crippen LogP contribution in [0.4, 0.5) is 0 Å². The Hall–Kier alpha value is -0.300. The highest BCUT2D eigenvalue weighted by molar-refractivity contribution is 6.35. The van der Waals surface area contributed by atoms with Crippen LogP contribution in [0.3, 0.4) is 0 Å². The highest BCUT2D eigenvalue weighted by Crippen LogP contribution is 2.47. The first kappa shape index (κ1) is 9.79. The quantitative estimate of drug-likeness (QED) is 0.455. The minimum Gasteiger partial charge on any atom is -0.297 e. The minimum atomic E-state index is -0.293. The van der Waals surface area contributed by atoms with Gasteiger partial charge in [-0.2, -0.15) is 0 Å². The topological polar surface area (TPSA) is 17.1 Å². The van der Waals surface area contributed by atoms with Gasteiger partial charge in [0, 0.05) is 11.3 Å². The molecule has 0 heterocycles. The first-order valence-corrected chi connectivity index (χ1v) is 4.64. The molecule has 0 radical (unpaired) electrons. The fourth-order valence-electron chi connectivity index (χ4n) is 1.58. The largest absolute Gasteiger partial charge is 0.297 e. The Morgan fingerprint density at radius 1 is 1.50 bits per heavy atom. The lowest BCUT2D eigenvalue weighted by atomic mass is 9.60. The van der Waals surface area contributed by atoms with Crippen LogP contribution in [-0.2, 0) is 4.79 Å². The lowest BCUT2D eigenvalue weighted by Crippen LogP contribution is -2.54. The summed E-state index contributed by atoms with van der Waals surface area (Å²) in [6.07, 6.45) is 2.02. The van der Waals surface area contributed by atoms with Gasteiger partial charge in [-0.15, -0.1) is 11.6 Å². The molecule has 0 saturated heterocycles. The Morgan fingerprint density at radius 2 is 2.00 bits per heavy atom. The molecule has 0 spiro atoms. The predicted molar refractivity (Wildman–Crippen MR) is 51.4 cm³/mol. The van der Waals surface area contributed by atoms with E-state index < -0.39 is 0 Å². The zero-order valence-electron chi connectivity index (χ0n) is 8.02. The van der Waals surface area contributed by atoms with Crippen molar-refractivity contribution in [2.24, 2.45) is 11.3 Å². The fraction of sp³-hybridized carbons (Fsp3) is 0.700. The smallest absolute Gasteiger partial charge is 0.158 e. The third-order valence-corrected chi connectivity index (χ3v) is 3.29. The second kappa shape index (κ2) is 2.88. The molecule has 0 amide bonds. The maximum atomic E-state index is 11.3. The number of alkyl halides is 1. The van der Waals surface area contributed by atoms with E-state index in [2.05, 4.69) is 0 Å². The molecule has 0 aromatic heterocycles. The molecular formula is C10H15ClO. The number of carbonyl (C=O) groups is 1. The van der Waals surface area contributed by atoms with Crippen LogP contribution in [0, 0.1) is 11.3 Å². The van der Waals surface area contributed by atoms with Crippen LogP contribution in [0.2, 0.25) is 0 Å². The van der Waals surface area contributed by atoms with E-state index in [1.807, 2.05) is 33.8 Å². The average molecular weight is 187 g/mol. The van der Waals surface area contributed by atoms with E-state index in [9.17, 15) is 4.79 Å². The number of halogens is 1. The zero-order chi connectivity index (χ0) is 9.52. The van der Waals surface area contributed by atoms with Crippen molar-refractivity contribution in [2.45, 2.75) is 33.1 Å². The monoisotopic (exact) mass is 186 g/mol. The number of ketones is 1. The molecule has 2 heteroatoms. The molecule has 0 unspecified atom stereocenters. The van der Waals surface area contributed by atoms with Crippen LogP contribution in [0.15, 0.2) is 11.6 Å². The van der Waals surface area contributed by atoms with Crippen molar-refractivity contribution in [3.8, 4) is 0 Å². The maximum absolute atomic E-state index is 11.3. The van der Waals surface area contributed by atoms with Crippen molar-refractivity contribution in [3.05, 3.63) is 11.6 Å². The van der Waals surface area contributed by atoms with Crippen LogP contribution in [0.1, 0.15) is 27.7 Å². The molecule has 1 fully saturated rings. The van der Waals surface area contributed by atoms with Gasteiger partial charge < -0.3 is 0 Å². The summed E-state index contributed by atoms with van der Waals surface area (Å²) >= 11 is 5.89. The molecule has 1 saturated carbocycles. The molecule has 0 bridgehead atoms. The summed E-state index contributed by atoms with van der Waals surface area (Å²) in [5.41, 5.74) is 1.13. The average Bonchev–Trinajstić information content (AvgIpc) is 1.98. The third kappa shape index (κ3) is 1.31. The van der Waals surface area contributed by atoms with Crippen LogP contribution in [-0.4, -0.2) is 11.2 Å². The van der Waals surface area contributed by atoms with E-state index in [0.29, 0.717) is 0 Å². The van der Waals surface area contributed by atoms with Gasteiger partial charge in [-0.05, 0) is 13.8 Å². The predicted octanol–water partition coefficient (Wildman–Crippen LogP) is 2.79. The number of Topliss-reactive ketones (excluding diaryl/α,β-unsaturated/α-hetero) is 1. The number of hydrogen-bond donors (Lipinski definition) is 0. The Bertz CT molecular complexity index is 236. The number of allylic oxidation sites excluding steroid dienone is 2. The van der Waals surface area contributed by atoms with Gasteiger partial charge in [-0.1, -0.05) is 25.5 Å². The van der Waals surface area contributed by atoms with E-state index in [1.165, 1.54) is 5.57 Å². The van der Waals surface area contributed by atoms with Crippen LogP contribution < -0.4 is 0 Å². The fourth-order valence-corrected chi connectivity index (χ4v) is 1.85. The lowest BCUT2D eigenvalue weighted by Gasteiger charge is -2.46. The van der Waals surface area contributed by atoms with Crippen LogP contribution in [0.25, 0.3) is 0 Å². The van der Waals surface area contributed by atoms with Crippen molar-refractivity contribution in [2.75, 3.05) is 0 Å². The molecule has 1 aliphatic rings. The first-order valence-electron chi connectivity index (χ1n) is 4.20. The first-order chi connectivity index (χ1) is 5.37.